The van der Waals surface area contributed by atoms with Gasteiger partial charge in [-0.15, -0.1) is 0 Å². The number of aryl methyl sites for hydroxylation is 1. The lowest BCUT2D eigenvalue weighted by atomic mass is 9.94. The van der Waals surface area contributed by atoms with Gasteiger partial charge in [-0.3, -0.25) is 4.18 Å². The quantitative estimate of drug-likeness (QED) is 0.758. The predicted molar refractivity (Wildman–Crippen MR) is 83.8 cm³/mol. The first-order chi connectivity index (χ1) is 9.99. The summed E-state index contributed by atoms with van der Waals surface area (Å²) in [6.07, 6.45) is 6.29. The van der Waals surface area contributed by atoms with Gasteiger partial charge < -0.3 is 4.90 Å². The Hall–Kier alpha value is -0.910. The zero-order chi connectivity index (χ0) is 15.3. The Morgan fingerprint density at radius 2 is 1.76 bits per heavy atom. The highest BCUT2D eigenvalue weighted by atomic mass is 32.2. The van der Waals surface area contributed by atoms with Crippen molar-refractivity contribution in [1.82, 2.24) is 4.90 Å². The number of rotatable bonds is 6. The van der Waals surface area contributed by atoms with Crippen molar-refractivity contribution in [3.05, 3.63) is 29.8 Å². The first kappa shape index (κ1) is 16.5. The lowest BCUT2D eigenvalue weighted by Crippen LogP contribution is -2.36. The third-order valence-electron chi connectivity index (χ3n) is 4.19. The molecule has 1 aromatic carbocycles. The first-order valence-corrected chi connectivity index (χ1v) is 9.06. The lowest BCUT2D eigenvalue weighted by Gasteiger charge is -2.30. The van der Waals surface area contributed by atoms with Crippen LogP contribution in [0.2, 0.25) is 0 Å². The second-order valence-corrected chi connectivity index (χ2v) is 7.48. The third-order valence-corrected chi connectivity index (χ3v) is 5.52. The van der Waals surface area contributed by atoms with Crippen molar-refractivity contribution in [2.45, 2.75) is 50.0 Å². The van der Waals surface area contributed by atoms with Gasteiger partial charge in [-0.2, -0.15) is 8.42 Å². The van der Waals surface area contributed by atoms with Gasteiger partial charge in [0.25, 0.3) is 10.1 Å². The minimum atomic E-state index is -3.63. The van der Waals surface area contributed by atoms with Crippen LogP contribution in [0.15, 0.2) is 29.2 Å². The maximum absolute atomic E-state index is 12.1. The molecule has 0 N–H and O–H groups in total. The lowest BCUT2D eigenvalue weighted by molar-refractivity contribution is 0.162. The molecule has 1 saturated carbocycles. The van der Waals surface area contributed by atoms with Crippen molar-refractivity contribution < 1.29 is 12.6 Å². The van der Waals surface area contributed by atoms with Gasteiger partial charge in [0.05, 0.1) is 11.5 Å². The molecule has 0 atom stereocenters. The van der Waals surface area contributed by atoms with Gasteiger partial charge >= 0.3 is 0 Å². The smallest absolute Gasteiger partial charge is 0.297 e. The molecule has 5 heteroatoms. The Morgan fingerprint density at radius 3 is 2.38 bits per heavy atom. The predicted octanol–water partition coefficient (Wildman–Crippen LogP) is 2.96. The van der Waals surface area contributed by atoms with Crippen molar-refractivity contribution in [3.8, 4) is 0 Å². The van der Waals surface area contributed by atoms with Gasteiger partial charge in [0.1, 0.15) is 0 Å². The molecule has 0 amide bonds. The van der Waals surface area contributed by atoms with Crippen LogP contribution < -0.4 is 0 Å². The summed E-state index contributed by atoms with van der Waals surface area (Å²) in [6, 6.07) is 7.32. The molecule has 0 spiro atoms. The zero-order valence-electron chi connectivity index (χ0n) is 12.9. The summed E-state index contributed by atoms with van der Waals surface area (Å²) in [5.74, 6) is 0. The molecule has 2 rings (SSSR count). The van der Waals surface area contributed by atoms with Crippen LogP contribution in [-0.2, 0) is 14.3 Å². The van der Waals surface area contributed by atoms with Crippen LogP contribution in [0.1, 0.15) is 37.7 Å². The van der Waals surface area contributed by atoms with Crippen LogP contribution in [0, 0.1) is 6.92 Å². The summed E-state index contributed by atoms with van der Waals surface area (Å²) in [6.45, 7) is 2.79. The summed E-state index contributed by atoms with van der Waals surface area (Å²) in [4.78, 5) is 2.46. The molecule has 1 aromatic rings. The molecule has 118 valence electrons. The van der Waals surface area contributed by atoms with Crippen LogP contribution in [0.4, 0.5) is 0 Å². The summed E-state index contributed by atoms with van der Waals surface area (Å²) >= 11 is 0. The molecule has 1 aliphatic rings. The maximum atomic E-state index is 12.1. The molecular weight excluding hydrogens is 286 g/mol. The van der Waals surface area contributed by atoms with E-state index in [1.54, 1.807) is 24.3 Å². The van der Waals surface area contributed by atoms with E-state index in [-0.39, 0.29) is 11.5 Å². The van der Waals surface area contributed by atoms with E-state index in [1.807, 2.05) is 6.92 Å². The van der Waals surface area contributed by atoms with E-state index >= 15 is 0 Å². The Morgan fingerprint density at radius 1 is 1.14 bits per heavy atom. The number of hydrogen-bond acceptors (Lipinski definition) is 4. The number of likely N-dealkylation sites (N-methyl/N-ethyl adjacent to an activating group) is 1. The van der Waals surface area contributed by atoms with E-state index in [2.05, 4.69) is 11.9 Å². The third kappa shape index (κ3) is 4.80. The van der Waals surface area contributed by atoms with Gasteiger partial charge in [0.2, 0.25) is 0 Å². The molecule has 4 nitrogen and oxygen atoms in total. The Labute approximate surface area is 128 Å². The Bertz CT molecular complexity index is 533. The van der Waals surface area contributed by atoms with Gasteiger partial charge in [-0.25, -0.2) is 0 Å². The van der Waals surface area contributed by atoms with Crippen molar-refractivity contribution in [2.75, 3.05) is 20.2 Å². The topological polar surface area (TPSA) is 46.6 Å². The molecule has 0 unspecified atom stereocenters. The zero-order valence-corrected chi connectivity index (χ0v) is 13.7. The van der Waals surface area contributed by atoms with Gasteiger partial charge in [0, 0.05) is 12.6 Å². The normalized spacial score (nSPS) is 17.3. The largest absolute Gasteiger partial charge is 0.301 e. The van der Waals surface area contributed by atoms with Crippen LogP contribution >= 0.6 is 0 Å². The minimum absolute atomic E-state index is 0.212. The van der Waals surface area contributed by atoms with E-state index in [1.165, 1.54) is 32.1 Å². The fraction of sp³-hybridized carbons (Fsp3) is 0.625. The highest BCUT2D eigenvalue weighted by Gasteiger charge is 2.19. The maximum Gasteiger partial charge on any atom is 0.297 e. The highest BCUT2D eigenvalue weighted by molar-refractivity contribution is 7.86. The van der Waals surface area contributed by atoms with Crippen molar-refractivity contribution in [1.29, 1.82) is 0 Å². The molecular formula is C16H25NO3S. The van der Waals surface area contributed by atoms with Crippen LogP contribution in [0.5, 0.6) is 0 Å². The van der Waals surface area contributed by atoms with E-state index < -0.39 is 10.1 Å². The van der Waals surface area contributed by atoms with Crippen LogP contribution in [0.25, 0.3) is 0 Å². The Kier molecular flexibility index (Phi) is 5.79. The molecule has 0 radical (unpaired) electrons. The van der Waals surface area contributed by atoms with Gasteiger partial charge in [0.15, 0.2) is 0 Å². The monoisotopic (exact) mass is 311 g/mol. The molecule has 1 fully saturated rings. The van der Waals surface area contributed by atoms with E-state index in [4.69, 9.17) is 4.18 Å². The van der Waals surface area contributed by atoms with Crippen molar-refractivity contribution >= 4 is 10.1 Å². The van der Waals surface area contributed by atoms with E-state index in [0.717, 1.165) is 5.56 Å². The standard InChI is InChI=1S/C16H25NO3S/c1-14-8-10-16(11-9-14)21(18,19)20-13-12-17(2)15-6-4-3-5-7-15/h8-11,15H,3-7,12-13H2,1-2H3. The molecule has 0 bridgehead atoms. The van der Waals surface area contributed by atoms with Gasteiger partial charge in [-0.1, -0.05) is 37.0 Å². The van der Waals surface area contributed by atoms with Gasteiger partial charge in [-0.05, 0) is 38.9 Å². The minimum Gasteiger partial charge on any atom is -0.301 e. The molecule has 0 aromatic heterocycles. The van der Waals surface area contributed by atoms with Crippen LogP contribution in [0.3, 0.4) is 0 Å². The molecule has 21 heavy (non-hydrogen) atoms. The first-order valence-electron chi connectivity index (χ1n) is 7.65. The molecule has 0 heterocycles. The van der Waals surface area contributed by atoms with Crippen molar-refractivity contribution in [3.63, 3.8) is 0 Å². The molecule has 1 aliphatic carbocycles. The summed E-state index contributed by atoms with van der Waals surface area (Å²) in [5, 5.41) is 0. The summed E-state index contributed by atoms with van der Waals surface area (Å²) in [5.41, 5.74) is 1.03. The fourth-order valence-corrected chi connectivity index (χ4v) is 3.67. The fourth-order valence-electron chi connectivity index (χ4n) is 2.77. The number of benzene rings is 1. The van der Waals surface area contributed by atoms with Crippen molar-refractivity contribution in [2.24, 2.45) is 0 Å². The SMILES string of the molecule is Cc1ccc(S(=O)(=O)OCCN(C)C2CCCCC2)cc1. The second kappa shape index (κ2) is 7.38. The van der Waals surface area contributed by atoms with E-state index in [9.17, 15) is 8.42 Å². The van der Waals surface area contributed by atoms with Crippen LogP contribution in [-0.4, -0.2) is 39.6 Å². The van der Waals surface area contributed by atoms with E-state index in [0.29, 0.717) is 12.6 Å². The summed E-state index contributed by atoms with van der Waals surface area (Å²) in [7, 11) is -1.58. The summed E-state index contributed by atoms with van der Waals surface area (Å²) < 4.78 is 29.3. The average Bonchev–Trinajstić information content (AvgIpc) is 2.48. The molecule has 0 saturated heterocycles. The second-order valence-electron chi connectivity index (χ2n) is 5.86. The molecule has 0 aliphatic heterocycles. The Balaban J connectivity index is 1.83. The highest BCUT2D eigenvalue weighted by Crippen LogP contribution is 2.21. The average molecular weight is 311 g/mol. The number of hydrogen-bond donors (Lipinski definition) is 0. The number of nitrogens with zero attached hydrogens (tertiary/aromatic N) is 1.